The highest BCUT2D eigenvalue weighted by atomic mass is 35.5. The number of aromatic nitrogens is 3. The third kappa shape index (κ3) is 5.63. The first-order valence-electron chi connectivity index (χ1n) is 11.4. The van der Waals surface area contributed by atoms with Crippen molar-refractivity contribution in [2.45, 2.75) is 6.92 Å². The van der Waals surface area contributed by atoms with Crippen molar-refractivity contribution in [3.8, 4) is 22.7 Å². The van der Waals surface area contributed by atoms with Crippen LogP contribution < -0.4 is 10.2 Å². The molecular weight excluding hydrogens is 509 g/mol. The number of hydrogen-bond acceptors (Lipinski definition) is 5. The molecule has 0 aliphatic carbocycles. The molecule has 0 saturated heterocycles. The van der Waals surface area contributed by atoms with E-state index in [2.05, 4.69) is 20.6 Å². The summed E-state index contributed by atoms with van der Waals surface area (Å²) in [6, 6.07) is 24.5. The fourth-order valence-corrected chi connectivity index (χ4v) is 4.21. The Kier molecular flexibility index (Phi) is 7.16. The van der Waals surface area contributed by atoms with E-state index in [9.17, 15) is 4.79 Å². The summed E-state index contributed by atoms with van der Waals surface area (Å²) in [4.78, 5) is 16.8. The second kappa shape index (κ2) is 10.8. The quantitative estimate of drug-likeness (QED) is 0.154. The Balaban J connectivity index is 1.29. The van der Waals surface area contributed by atoms with Gasteiger partial charge in [-0.25, -0.2) is 15.1 Å². The Hall–Kier alpha value is -4.20. The largest absolute Gasteiger partial charge is 0.483 e. The van der Waals surface area contributed by atoms with E-state index in [-0.39, 0.29) is 6.61 Å². The van der Waals surface area contributed by atoms with E-state index >= 15 is 0 Å². The van der Waals surface area contributed by atoms with Gasteiger partial charge in [0.1, 0.15) is 10.9 Å². The summed E-state index contributed by atoms with van der Waals surface area (Å²) in [6.07, 6.45) is 3.16. The predicted molar refractivity (Wildman–Crippen MR) is 147 cm³/mol. The molecule has 5 rings (SSSR count). The lowest BCUT2D eigenvalue weighted by Crippen LogP contribution is -2.24. The number of halogens is 2. The van der Waals surface area contributed by atoms with Gasteiger partial charge in [0.15, 0.2) is 6.61 Å². The Labute approximate surface area is 223 Å². The highest BCUT2D eigenvalue weighted by Gasteiger charge is 2.15. The number of pyridine rings is 1. The monoisotopic (exact) mass is 529 g/mol. The first-order chi connectivity index (χ1) is 18.0. The molecule has 1 amide bonds. The number of nitrogens with one attached hydrogen (secondary N) is 1. The van der Waals surface area contributed by atoms with Crippen LogP contribution in [0.1, 0.15) is 11.1 Å². The Morgan fingerprint density at radius 3 is 2.73 bits per heavy atom. The maximum atomic E-state index is 12.5. The van der Waals surface area contributed by atoms with E-state index < -0.39 is 5.91 Å². The minimum absolute atomic E-state index is 0.256. The van der Waals surface area contributed by atoms with Crippen LogP contribution >= 0.6 is 23.2 Å². The number of para-hydroxylation sites is 1. The molecule has 0 spiro atoms. The number of rotatable bonds is 7. The van der Waals surface area contributed by atoms with Crippen LogP contribution in [-0.2, 0) is 4.79 Å². The molecule has 0 aliphatic heterocycles. The number of carbonyl (C=O) groups is 1. The second-order valence-corrected chi connectivity index (χ2v) is 9.05. The van der Waals surface area contributed by atoms with Gasteiger partial charge in [-0.05, 0) is 61.5 Å². The lowest BCUT2D eigenvalue weighted by molar-refractivity contribution is -0.123. The van der Waals surface area contributed by atoms with Gasteiger partial charge in [0.2, 0.25) is 0 Å². The van der Waals surface area contributed by atoms with E-state index in [1.54, 1.807) is 29.1 Å². The summed E-state index contributed by atoms with van der Waals surface area (Å²) >= 11 is 12.6. The maximum absolute atomic E-state index is 12.5. The standard InChI is InChI=1S/C28H21Cl2N5O2/c1-18-7-9-24-19(13-18)14-20(28(30)33-24)16-31-34-27(36)17-37-26-10-8-21(29)15-23(26)25-11-12-32-35(25)22-5-3-2-4-6-22/h2-16H,17H2,1H3,(H,34,36)/b31-16+. The van der Waals surface area contributed by atoms with Crippen molar-refractivity contribution < 1.29 is 9.53 Å². The SMILES string of the molecule is Cc1ccc2nc(Cl)c(/C=N/NC(=O)COc3ccc(Cl)cc3-c3ccnn3-c3ccccc3)cc2c1. The highest BCUT2D eigenvalue weighted by molar-refractivity contribution is 6.32. The lowest BCUT2D eigenvalue weighted by Gasteiger charge is -2.13. The Morgan fingerprint density at radius 1 is 1.05 bits per heavy atom. The molecule has 2 heterocycles. The number of ether oxygens (including phenoxy) is 1. The number of hydrazone groups is 1. The fraction of sp³-hybridized carbons (Fsp3) is 0.0714. The average molecular weight is 530 g/mol. The third-order valence-electron chi connectivity index (χ3n) is 5.56. The van der Waals surface area contributed by atoms with Gasteiger partial charge in [-0.1, -0.05) is 53.0 Å². The molecule has 0 fully saturated rings. The first-order valence-corrected chi connectivity index (χ1v) is 12.1. The molecule has 184 valence electrons. The van der Waals surface area contributed by atoms with Crippen molar-refractivity contribution in [2.24, 2.45) is 5.10 Å². The average Bonchev–Trinajstić information content (AvgIpc) is 3.39. The lowest BCUT2D eigenvalue weighted by atomic mass is 10.1. The van der Waals surface area contributed by atoms with E-state index in [4.69, 9.17) is 27.9 Å². The van der Waals surface area contributed by atoms with Crippen LogP contribution in [0.25, 0.3) is 27.8 Å². The predicted octanol–water partition coefficient (Wildman–Crippen LogP) is 6.23. The fourth-order valence-electron chi connectivity index (χ4n) is 3.84. The molecule has 7 nitrogen and oxygen atoms in total. The van der Waals surface area contributed by atoms with E-state index in [0.29, 0.717) is 27.1 Å². The van der Waals surface area contributed by atoms with Crippen molar-refractivity contribution >= 4 is 46.2 Å². The van der Waals surface area contributed by atoms with Crippen molar-refractivity contribution in [1.29, 1.82) is 0 Å². The summed E-state index contributed by atoms with van der Waals surface area (Å²) in [5.74, 6) is 0.0489. The summed E-state index contributed by atoms with van der Waals surface area (Å²) in [6.45, 7) is 1.75. The Bertz CT molecular complexity index is 1620. The minimum atomic E-state index is -0.436. The molecule has 2 aromatic heterocycles. The first kappa shape index (κ1) is 24.5. The van der Waals surface area contributed by atoms with Crippen molar-refractivity contribution in [1.82, 2.24) is 20.2 Å². The van der Waals surface area contributed by atoms with Gasteiger partial charge in [0.25, 0.3) is 5.91 Å². The molecule has 0 unspecified atom stereocenters. The van der Waals surface area contributed by atoms with Gasteiger partial charge in [-0.3, -0.25) is 4.79 Å². The minimum Gasteiger partial charge on any atom is -0.483 e. The maximum Gasteiger partial charge on any atom is 0.277 e. The molecular formula is C28H21Cl2N5O2. The molecule has 0 aliphatic rings. The van der Waals surface area contributed by atoms with Crippen LogP contribution in [0.3, 0.4) is 0 Å². The van der Waals surface area contributed by atoms with Gasteiger partial charge < -0.3 is 4.74 Å². The van der Waals surface area contributed by atoms with Crippen LogP contribution in [0.4, 0.5) is 0 Å². The van der Waals surface area contributed by atoms with Crippen molar-refractivity contribution in [3.63, 3.8) is 0 Å². The van der Waals surface area contributed by atoms with Crippen LogP contribution in [0.15, 0.2) is 90.2 Å². The topological polar surface area (TPSA) is 81.4 Å². The Morgan fingerprint density at radius 2 is 1.89 bits per heavy atom. The number of nitrogens with zero attached hydrogens (tertiary/aromatic N) is 4. The number of benzene rings is 3. The van der Waals surface area contributed by atoms with Gasteiger partial charge >= 0.3 is 0 Å². The summed E-state index contributed by atoms with van der Waals surface area (Å²) in [5.41, 5.74) is 7.32. The van der Waals surface area contributed by atoms with Crippen LogP contribution in [0.5, 0.6) is 5.75 Å². The number of amides is 1. The highest BCUT2D eigenvalue weighted by Crippen LogP contribution is 2.33. The smallest absolute Gasteiger partial charge is 0.277 e. The molecule has 3 aromatic carbocycles. The zero-order valence-corrected chi connectivity index (χ0v) is 21.2. The summed E-state index contributed by atoms with van der Waals surface area (Å²) in [7, 11) is 0. The number of aryl methyl sites for hydroxylation is 1. The van der Waals surface area contributed by atoms with Gasteiger partial charge in [-0.2, -0.15) is 10.2 Å². The zero-order valence-electron chi connectivity index (χ0n) is 19.7. The van der Waals surface area contributed by atoms with Crippen molar-refractivity contribution in [2.75, 3.05) is 6.61 Å². The second-order valence-electron chi connectivity index (χ2n) is 8.25. The van der Waals surface area contributed by atoms with Gasteiger partial charge in [-0.15, -0.1) is 0 Å². The van der Waals surface area contributed by atoms with E-state index in [1.165, 1.54) is 6.21 Å². The number of fused-ring (bicyclic) bond motifs is 1. The summed E-state index contributed by atoms with van der Waals surface area (Å²) in [5, 5.41) is 10.2. The third-order valence-corrected chi connectivity index (χ3v) is 6.10. The van der Waals surface area contributed by atoms with Crippen LogP contribution in [0, 0.1) is 6.92 Å². The molecule has 5 aromatic rings. The van der Waals surface area contributed by atoms with E-state index in [1.807, 2.05) is 67.6 Å². The van der Waals surface area contributed by atoms with Crippen LogP contribution in [-0.4, -0.2) is 33.5 Å². The normalized spacial score (nSPS) is 11.2. The molecule has 1 N–H and O–H groups in total. The number of carbonyl (C=O) groups excluding carboxylic acids is 1. The molecule has 9 heteroatoms. The molecule has 0 atom stereocenters. The van der Waals surface area contributed by atoms with E-state index in [0.717, 1.165) is 27.8 Å². The summed E-state index contributed by atoms with van der Waals surface area (Å²) < 4.78 is 7.63. The molecule has 0 radical (unpaired) electrons. The van der Waals surface area contributed by atoms with Gasteiger partial charge in [0.05, 0.1) is 29.3 Å². The molecule has 0 saturated carbocycles. The number of hydrogen-bond donors (Lipinski definition) is 1. The zero-order chi connectivity index (χ0) is 25.8. The molecule has 37 heavy (non-hydrogen) atoms. The van der Waals surface area contributed by atoms with Crippen LogP contribution in [0.2, 0.25) is 10.2 Å². The molecule has 0 bridgehead atoms. The van der Waals surface area contributed by atoms with Gasteiger partial charge in [0, 0.05) is 21.5 Å². The van der Waals surface area contributed by atoms with Crippen molar-refractivity contribution in [3.05, 3.63) is 106 Å².